The Bertz CT molecular complexity index is 599. The zero-order valence-electron chi connectivity index (χ0n) is 11.0. The average molecular weight is 402 g/mol. The second-order valence-electron chi connectivity index (χ2n) is 4.33. The molecule has 3 N–H and O–H groups in total. The number of nitrogen functional groups attached to an aromatic ring is 1. The first kappa shape index (κ1) is 15.1. The van der Waals surface area contributed by atoms with Gasteiger partial charge in [-0.2, -0.15) is 4.98 Å². The third-order valence-electron chi connectivity index (χ3n) is 2.40. The quantitative estimate of drug-likeness (QED) is 0.806. The van der Waals surface area contributed by atoms with Gasteiger partial charge in [-0.05, 0) is 57.8 Å². The largest absolute Gasteiger partial charge is 0.473 e. The number of aromatic nitrogens is 2. The van der Waals surface area contributed by atoms with Crippen molar-refractivity contribution in [2.45, 2.75) is 20.0 Å². The van der Waals surface area contributed by atoms with Crippen LogP contribution < -0.4 is 15.8 Å². The lowest BCUT2D eigenvalue weighted by Gasteiger charge is -2.15. The Balaban J connectivity index is 2.35. The molecule has 1 heterocycles. The van der Waals surface area contributed by atoms with Crippen LogP contribution in [0, 0.1) is 0 Å². The molecule has 0 spiro atoms. The topological polar surface area (TPSA) is 73.1 Å². The number of hydrogen-bond acceptors (Lipinski definition) is 5. The van der Waals surface area contributed by atoms with Crippen LogP contribution in [0.3, 0.4) is 0 Å². The normalized spacial score (nSPS) is 10.7. The van der Waals surface area contributed by atoms with Crippen molar-refractivity contribution in [3.05, 3.63) is 33.5 Å². The summed E-state index contributed by atoms with van der Waals surface area (Å²) in [5.74, 6) is 0.879. The predicted octanol–water partition coefficient (Wildman–Crippen LogP) is 4.11. The number of hydrogen-bond donors (Lipinski definition) is 2. The standard InChI is InChI=1S/C13H14Br2N4O/c1-7(2)20-13-10(16)12(17-6-18-13)19-11-8(14)4-3-5-9(11)15/h3-7H,16H2,1-2H3,(H,17,18,19). The Morgan fingerprint density at radius 2 is 1.85 bits per heavy atom. The highest BCUT2D eigenvalue weighted by molar-refractivity contribution is 9.11. The molecule has 1 aromatic carbocycles. The van der Waals surface area contributed by atoms with Gasteiger partial charge in [-0.3, -0.25) is 0 Å². The van der Waals surface area contributed by atoms with E-state index in [4.69, 9.17) is 10.5 Å². The number of rotatable bonds is 4. The van der Waals surface area contributed by atoms with Gasteiger partial charge in [0.1, 0.15) is 12.0 Å². The molecule has 20 heavy (non-hydrogen) atoms. The summed E-state index contributed by atoms with van der Waals surface area (Å²) < 4.78 is 7.34. The van der Waals surface area contributed by atoms with Crippen molar-refractivity contribution in [1.29, 1.82) is 0 Å². The first-order chi connectivity index (χ1) is 9.49. The summed E-state index contributed by atoms with van der Waals surface area (Å²) in [5, 5.41) is 3.17. The molecule has 0 atom stereocenters. The van der Waals surface area contributed by atoms with Gasteiger partial charge in [0.05, 0.1) is 11.8 Å². The van der Waals surface area contributed by atoms with E-state index in [1.165, 1.54) is 6.33 Å². The van der Waals surface area contributed by atoms with Gasteiger partial charge in [0.15, 0.2) is 5.82 Å². The van der Waals surface area contributed by atoms with E-state index in [-0.39, 0.29) is 6.10 Å². The molecule has 0 fully saturated rings. The molecule has 106 valence electrons. The molecule has 0 saturated carbocycles. The molecule has 0 saturated heterocycles. The van der Waals surface area contributed by atoms with Gasteiger partial charge in [0.2, 0.25) is 5.88 Å². The van der Waals surface area contributed by atoms with E-state index in [0.717, 1.165) is 14.6 Å². The Labute approximate surface area is 134 Å². The molecule has 2 aromatic rings. The van der Waals surface area contributed by atoms with Crippen LogP contribution in [-0.4, -0.2) is 16.1 Å². The highest BCUT2D eigenvalue weighted by Crippen LogP contribution is 2.35. The fraction of sp³-hybridized carbons (Fsp3) is 0.231. The van der Waals surface area contributed by atoms with Crippen LogP contribution in [0.5, 0.6) is 5.88 Å². The summed E-state index contributed by atoms with van der Waals surface area (Å²) in [4.78, 5) is 8.20. The molecule has 0 radical (unpaired) electrons. The summed E-state index contributed by atoms with van der Waals surface area (Å²) in [6.07, 6.45) is 1.41. The molecule has 0 unspecified atom stereocenters. The number of ether oxygens (including phenoxy) is 1. The molecule has 7 heteroatoms. The lowest BCUT2D eigenvalue weighted by molar-refractivity contribution is 0.234. The van der Waals surface area contributed by atoms with E-state index >= 15 is 0 Å². The van der Waals surface area contributed by atoms with Gasteiger partial charge < -0.3 is 15.8 Å². The van der Waals surface area contributed by atoms with E-state index < -0.39 is 0 Å². The molecule has 0 bridgehead atoms. The highest BCUT2D eigenvalue weighted by Gasteiger charge is 2.13. The van der Waals surface area contributed by atoms with Gasteiger partial charge >= 0.3 is 0 Å². The first-order valence-electron chi connectivity index (χ1n) is 5.97. The van der Waals surface area contributed by atoms with Crippen molar-refractivity contribution in [1.82, 2.24) is 9.97 Å². The van der Waals surface area contributed by atoms with E-state index in [2.05, 4.69) is 47.1 Å². The molecular formula is C13H14Br2N4O. The molecule has 5 nitrogen and oxygen atoms in total. The maximum atomic E-state index is 6.04. The van der Waals surface area contributed by atoms with Crippen molar-refractivity contribution in [2.75, 3.05) is 11.1 Å². The monoisotopic (exact) mass is 400 g/mol. The fourth-order valence-electron chi connectivity index (χ4n) is 1.53. The maximum Gasteiger partial charge on any atom is 0.242 e. The summed E-state index contributed by atoms with van der Waals surface area (Å²) in [7, 11) is 0. The van der Waals surface area contributed by atoms with Crippen molar-refractivity contribution in [2.24, 2.45) is 0 Å². The summed E-state index contributed by atoms with van der Waals surface area (Å²) in [6.45, 7) is 3.83. The smallest absolute Gasteiger partial charge is 0.242 e. The Hall–Kier alpha value is -1.34. The lowest BCUT2D eigenvalue weighted by Crippen LogP contribution is -2.11. The minimum Gasteiger partial charge on any atom is -0.473 e. The SMILES string of the molecule is CC(C)Oc1ncnc(Nc2c(Br)cccc2Br)c1N. The average Bonchev–Trinajstić information content (AvgIpc) is 2.37. The molecular weight excluding hydrogens is 388 g/mol. The van der Waals surface area contributed by atoms with Gasteiger partial charge in [-0.25, -0.2) is 4.98 Å². The third kappa shape index (κ3) is 3.40. The molecule has 0 amide bonds. The van der Waals surface area contributed by atoms with Crippen molar-refractivity contribution < 1.29 is 4.74 Å². The zero-order chi connectivity index (χ0) is 14.7. The number of nitrogens with two attached hydrogens (primary N) is 1. The van der Waals surface area contributed by atoms with E-state index in [0.29, 0.717) is 17.4 Å². The highest BCUT2D eigenvalue weighted by atomic mass is 79.9. The maximum absolute atomic E-state index is 6.04. The van der Waals surface area contributed by atoms with Gasteiger partial charge in [0.25, 0.3) is 0 Å². The second kappa shape index (κ2) is 6.41. The van der Waals surface area contributed by atoms with Gasteiger partial charge in [-0.15, -0.1) is 0 Å². The van der Waals surface area contributed by atoms with Crippen LogP contribution in [-0.2, 0) is 0 Å². The third-order valence-corrected chi connectivity index (χ3v) is 3.72. The van der Waals surface area contributed by atoms with Crippen molar-refractivity contribution >= 4 is 49.1 Å². The number of nitrogens with one attached hydrogen (secondary N) is 1. The number of nitrogens with zero attached hydrogens (tertiary/aromatic N) is 2. The second-order valence-corrected chi connectivity index (χ2v) is 6.04. The molecule has 0 aliphatic heterocycles. The number of benzene rings is 1. The number of para-hydroxylation sites is 1. The molecule has 0 aliphatic rings. The van der Waals surface area contributed by atoms with E-state index in [1.54, 1.807) is 0 Å². The first-order valence-corrected chi connectivity index (χ1v) is 7.55. The Morgan fingerprint density at radius 1 is 1.20 bits per heavy atom. The van der Waals surface area contributed by atoms with Crippen LogP contribution in [0.1, 0.15) is 13.8 Å². The summed E-state index contributed by atoms with van der Waals surface area (Å²) in [5.41, 5.74) is 7.26. The van der Waals surface area contributed by atoms with Crippen LogP contribution in [0.15, 0.2) is 33.5 Å². The Kier molecular flexibility index (Phi) is 4.82. The fourth-order valence-corrected chi connectivity index (χ4v) is 2.73. The van der Waals surface area contributed by atoms with E-state index in [1.807, 2.05) is 32.0 Å². The van der Waals surface area contributed by atoms with Gasteiger partial charge in [-0.1, -0.05) is 6.07 Å². The number of anilines is 3. The zero-order valence-corrected chi connectivity index (χ0v) is 14.2. The van der Waals surface area contributed by atoms with Crippen LogP contribution in [0.4, 0.5) is 17.2 Å². The Morgan fingerprint density at radius 3 is 2.45 bits per heavy atom. The summed E-state index contributed by atoms with van der Waals surface area (Å²) >= 11 is 6.96. The van der Waals surface area contributed by atoms with Crippen LogP contribution >= 0.6 is 31.9 Å². The van der Waals surface area contributed by atoms with Crippen LogP contribution in [0.2, 0.25) is 0 Å². The summed E-state index contributed by atoms with van der Waals surface area (Å²) in [6, 6.07) is 5.78. The molecule has 1 aromatic heterocycles. The van der Waals surface area contributed by atoms with Gasteiger partial charge in [0, 0.05) is 8.95 Å². The minimum absolute atomic E-state index is 0.00440. The van der Waals surface area contributed by atoms with Crippen molar-refractivity contribution in [3.8, 4) is 5.88 Å². The number of halogens is 2. The van der Waals surface area contributed by atoms with Crippen molar-refractivity contribution in [3.63, 3.8) is 0 Å². The predicted molar refractivity (Wildman–Crippen MR) is 87.3 cm³/mol. The van der Waals surface area contributed by atoms with E-state index in [9.17, 15) is 0 Å². The van der Waals surface area contributed by atoms with Crippen LogP contribution in [0.25, 0.3) is 0 Å². The molecule has 2 rings (SSSR count). The lowest BCUT2D eigenvalue weighted by atomic mass is 10.3. The molecule has 0 aliphatic carbocycles. The minimum atomic E-state index is -0.00440.